The van der Waals surface area contributed by atoms with Crippen LogP contribution < -0.4 is 10.2 Å². The Hall–Kier alpha value is -2.15. The van der Waals surface area contributed by atoms with E-state index in [2.05, 4.69) is 5.32 Å². The summed E-state index contributed by atoms with van der Waals surface area (Å²) in [6.45, 7) is -0.710. The highest BCUT2D eigenvalue weighted by atomic mass is 19.1. The van der Waals surface area contributed by atoms with Crippen LogP contribution in [-0.2, 0) is 4.79 Å². The van der Waals surface area contributed by atoms with Crippen molar-refractivity contribution in [2.24, 2.45) is 0 Å². The monoisotopic (exact) mass is 256 g/mol. The Morgan fingerprint density at radius 1 is 1.39 bits per heavy atom. The normalized spacial score (nSPS) is 11.7. The highest BCUT2D eigenvalue weighted by molar-refractivity contribution is 5.93. The Balaban J connectivity index is 2.72. The molecule has 0 saturated carbocycles. The minimum atomic E-state index is -1.37. The van der Waals surface area contributed by atoms with Gasteiger partial charge >= 0.3 is 12.0 Å². The van der Waals surface area contributed by atoms with Gasteiger partial charge in [0.2, 0.25) is 0 Å². The second-order valence-corrected chi connectivity index (χ2v) is 3.56. The van der Waals surface area contributed by atoms with Crippen LogP contribution in [0, 0.1) is 5.82 Å². The molecule has 98 valence electrons. The zero-order valence-corrected chi connectivity index (χ0v) is 9.63. The molecular formula is C11H13FN2O4. The van der Waals surface area contributed by atoms with E-state index in [0.29, 0.717) is 5.69 Å². The van der Waals surface area contributed by atoms with Gasteiger partial charge in [0, 0.05) is 12.7 Å². The summed E-state index contributed by atoms with van der Waals surface area (Å²) in [5, 5.41) is 19.6. The molecule has 0 radical (unpaired) electrons. The SMILES string of the molecule is CN(C(=O)NC(CO)C(=O)O)c1ccc(F)cc1. The lowest BCUT2D eigenvalue weighted by atomic mass is 10.3. The predicted molar refractivity (Wildman–Crippen MR) is 61.8 cm³/mol. The van der Waals surface area contributed by atoms with E-state index in [1.165, 1.54) is 31.3 Å². The van der Waals surface area contributed by atoms with Gasteiger partial charge in [-0.1, -0.05) is 0 Å². The number of carboxylic acid groups (broad SMARTS) is 1. The summed E-state index contributed by atoms with van der Waals surface area (Å²) >= 11 is 0. The van der Waals surface area contributed by atoms with Gasteiger partial charge in [-0.05, 0) is 24.3 Å². The van der Waals surface area contributed by atoms with Gasteiger partial charge < -0.3 is 15.5 Å². The number of aliphatic hydroxyl groups is 1. The van der Waals surface area contributed by atoms with Crippen molar-refractivity contribution in [3.63, 3.8) is 0 Å². The summed E-state index contributed by atoms with van der Waals surface area (Å²) in [5.41, 5.74) is 0.399. The Kier molecular flexibility index (Phi) is 4.61. The number of urea groups is 1. The maximum atomic E-state index is 12.7. The molecule has 1 aromatic rings. The molecule has 1 unspecified atom stereocenters. The van der Waals surface area contributed by atoms with Gasteiger partial charge in [-0.2, -0.15) is 0 Å². The van der Waals surface area contributed by atoms with E-state index < -0.39 is 30.5 Å². The molecule has 18 heavy (non-hydrogen) atoms. The van der Waals surface area contributed by atoms with Crippen molar-refractivity contribution in [3.8, 4) is 0 Å². The maximum absolute atomic E-state index is 12.7. The highest BCUT2D eigenvalue weighted by Gasteiger charge is 2.21. The first kappa shape index (κ1) is 13.9. The number of hydrogen-bond donors (Lipinski definition) is 3. The second kappa shape index (κ2) is 5.97. The molecule has 0 aliphatic heterocycles. The van der Waals surface area contributed by atoms with Crippen LogP contribution in [0.2, 0.25) is 0 Å². The Labute approximate surface area is 103 Å². The lowest BCUT2D eigenvalue weighted by molar-refractivity contribution is -0.140. The molecule has 0 bridgehead atoms. The lowest BCUT2D eigenvalue weighted by Crippen LogP contribution is -2.48. The van der Waals surface area contributed by atoms with Crippen LogP contribution >= 0.6 is 0 Å². The summed E-state index contributed by atoms with van der Waals surface area (Å²) in [4.78, 5) is 23.4. The van der Waals surface area contributed by atoms with E-state index in [9.17, 15) is 14.0 Å². The molecule has 1 atom stereocenters. The van der Waals surface area contributed by atoms with Crippen LogP contribution in [0.5, 0.6) is 0 Å². The van der Waals surface area contributed by atoms with Gasteiger partial charge in [0.15, 0.2) is 6.04 Å². The fourth-order valence-corrected chi connectivity index (χ4v) is 1.21. The van der Waals surface area contributed by atoms with E-state index in [0.717, 1.165) is 4.90 Å². The lowest BCUT2D eigenvalue weighted by Gasteiger charge is -2.20. The van der Waals surface area contributed by atoms with Gasteiger partial charge in [0.25, 0.3) is 0 Å². The quantitative estimate of drug-likeness (QED) is 0.728. The summed E-state index contributed by atoms with van der Waals surface area (Å²) in [5.74, 6) is -1.77. The van der Waals surface area contributed by atoms with Crippen molar-refractivity contribution in [2.75, 3.05) is 18.6 Å². The molecule has 0 heterocycles. The fourth-order valence-electron chi connectivity index (χ4n) is 1.21. The van der Waals surface area contributed by atoms with Crippen molar-refractivity contribution < 1.29 is 24.2 Å². The summed E-state index contributed by atoms with van der Waals surface area (Å²) in [6, 6.07) is 3.04. The number of aliphatic hydroxyl groups excluding tert-OH is 1. The van der Waals surface area contributed by atoms with Crippen molar-refractivity contribution in [2.45, 2.75) is 6.04 Å². The summed E-state index contributed by atoms with van der Waals surface area (Å²) < 4.78 is 12.7. The third-order valence-electron chi connectivity index (χ3n) is 2.30. The third kappa shape index (κ3) is 3.42. The number of rotatable bonds is 4. The van der Waals surface area contributed by atoms with Crippen molar-refractivity contribution in [3.05, 3.63) is 30.1 Å². The first-order chi connectivity index (χ1) is 8.45. The number of aliphatic carboxylic acids is 1. The topological polar surface area (TPSA) is 89.9 Å². The van der Waals surface area contributed by atoms with Crippen LogP contribution in [0.15, 0.2) is 24.3 Å². The molecule has 0 spiro atoms. The molecule has 0 aromatic heterocycles. The molecule has 2 amide bonds. The Morgan fingerprint density at radius 3 is 2.39 bits per heavy atom. The summed E-state index contributed by atoms with van der Waals surface area (Å²) in [7, 11) is 1.40. The van der Waals surface area contributed by atoms with Crippen LogP contribution in [0.25, 0.3) is 0 Å². The molecule has 0 aliphatic rings. The zero-order valence-electron chi connectivity index (χ0n) is 9.63. The smallest absolute Gasteiger partial charge is 0.328 e. The highest BCUT2D eigenvalue weighted by Crippen LogP contribution is 2.13. The van der Waals surface area contributed by atoms with Gasteiger partial charge in [0.1, 0.15) is 5.82 Å². The number of carbonyl (C=O) groups is 2. The molecule has 3 N–H and O–H groups in total. The van der Waals surface area contributed by atoms with Gasteiger partial charge in [-0.25, -0.2) is 14.0 Å². The minimum Gasteiger partial charge on any atom is -0.480 e. The Morgan fingerprint density at radius 2 is 1.94 bits per heavy atom. The minimum absolute atomic E-state index is 0.399. The maximum Gasteiger partial charge on any atom is 0.328 e. The number of nitrogens with one attached hydrogen (secondary N) is 1. The number of amides is 2. The predicted octanol–water partition coefficient (Wildman–Crippen LogP) is 0.417. The number of carboxylic acids is 1. The molecule has 7 heteroatoms. The average Bonchev–Trinajstić information content (AvgIpc) is 2.35. The standard InChI is InChI=1S/C11H13FN2O4/c1-14(8-4-2-7(12)3-5-8)11(18)13-9(6-15)10(16)17/h2-5,9,15H,6H2,1H3,(H,13,18)(H,16,17). The second-order valence-electron chi connectivity index (χ2n) is 3.56. The Bertz CT molecular complexity index is 435. The van der Waals surface area contributed by atoms with Gasteiger partial charge in [0.05, 0.1) is 6.61 Å². The first-order valence-corrected chi connectivity index (χ1v) is 5.09. The van der Waals surface area contributed by atoms with E-state index in [1.54, 1.807) is 0 Å². The number of carbonyl (C=O) groups excluding carboxylic acids is 1. The van der Waals surface area contributed by atoms with Crippen LogP contribution in [0.4, 0.5) is 14.9 Å². The van der Waals surface area contributed by atoms with Crippen LogP contribution in [0.1, 0.15) is 0 Å². The van der Waals surface area contributed by atoms with Crippen molar-refractivity contribution >= 4 is 17.7 Å². The largest absolute Gasteiger partial charge is 0.480 e. The molecule has 0 saturated heterocycles. The first-order valence-electron chi connectivity index (χ1n) is 5.09. The zero-order chi connectivity index (χ0) is 13.7. The van der Waals surface area contributed by atoms with Gasteiger partial charge in [-0.3, -0.25) is 4.90 Å². The fraction of sp³-hybridized carbons (Fsp3) is 0.273. The number of anilines is 1. The number of hydrogen-bond acceptors (Lipinski definition) is 3. The van der Waals surface area contributed by atoms with E-state index in [1.807, 2.05) is 0 Å². The van der Waals surface area contributed by atoms with Crippen LogP contribution in [-0.4, -0.2) is 41.9 Å². The van der Waals surface area contributed by atoms with Crippen molar-refractivity contribution in [1.82, 2.24) is 5.32 Å². The molecule has 1 rings (SSSR count). The molecule has 1 aromatic carbocycles. The molecule has 0 aliphatic carbocycles. The third-order valence-corrected chi connectivity index (χ3v) is 2.30. The molecular weight excluding hydrogens is 243 g/mol. The van der Waals surface area contributed by atoms with E-state index in [-0.39, 0.29) is 0 Å². The molecule has 6 nitrogen and oxygen atoms in total. The van der Waals surface area contributed by atoms with Gasteiger partial charge in [-0.15, -0.1) is 0 Å². The number of nitrogens with zero attached hydrogens (tertiary/aromatic N) is 1. The average molecular weight is 256 g/mol. The van der Waals surface area contributed by atoms with Crippen molar-refractivity contribution in [1.29, 1.82) is 0 Å². The van der Waals surface area contributed by atoms with E-state index >= 15 is 0 Å². The number of benzene rings is 1. The summed E-state index contributed by atoms with van der Waals surface area (Å²) in [6.07, 6.45) is 0. The van der Waals surface area contributed by atoms with E-state index in [4.69, 9.17) is 10.2 Å². The van der Waals surface area contributed by atoms with Crippen LogP contribution in [0.3, 0.4) is 0 Å². The molecule has 0 fully saturated rings. The number of halogens is 1.